The van der Waals surface area contributed by atoms with E-state index in [0.29, 0.717) is 47.6 Å². The average molecular weight is 452 g/mol. The maximum Gasteiger partial charge on any atom is 0.253 e. The summed E-state index contributed by atoms with van der Waals surface area (Å²) in [6.07, 6.45) is 3.39. The second kappa shape index (κ2) is 8.21. The highest BCUT2D eigenvalue weighted by Crippen LogP contribution is 2.27. The molecule has 0 saturated carbocycles. The number of nitrogens with zero attached hydrogens (tertiary/aromatic N) is 5. The lowest BCUT2D eigenvalue weighted by Crippen LogP contribution is -2.49. The largest absolute Gasteiger partial charge is 0.352 e. The topological polar surface area (TPSA) is 54.3 Å². The normalized spacial score (nSPS) is 14.3. The number of hydrogen-bond acceptors (Lipinski definition) is 4. The fraction of sp³-hybridized carbons (Fsp3) is 0.174. The molecular weight excluding hydrogens is 433 g/mol. The Morgan fingerprint density at radius 3 is 2.39 bits per heavy atom. The highest BCUT2D eigenvalue weighted by Gasteiger charge is 2.24. The van der Waals surface area contributed by atoms with Gasteiger partial charge in [-0.1, -0.05) is 35.3 Å². The fourth-order valence-corrected chi connectivity index (χ4v) is 4.37. The van der Waals surface area contributed by atoms with Gasteiger partial charge in [0.2, 0.25) is 0 Å². The Bertz CT molecular complexity index is 1250. The van der Waals surface area contributed by atoms with E-state index in [1.165, 1.54) is 0 Å². The van der Waals surface area contributed by atoms with Crippen LogP contribution in [0.4, 0.5) is 5.82 Å². The van der Waals surface area contributed by atoms with Gasteiger partial charge in [-0.3, -0.25) is 9.36 Å². The predicted octanol–water partition coefficient (Wildman–Crippen LogP) is 4.69. The highest BCUT2D eigenvalue weighted by atomic mass is 35.5. The standard InChI is InChI=1S/C23H19Cl2N5O/c24-17-13-19(25)22(26-14-17)28-9-11-29(12-10-28)23(31)16-5-7-18(8-6-16)30-15-27-20-3-1-2-4-21(20)30/h1-8,13-15H,9-12H2. The summed E-state index contributed by atoms with van der Waals surface area (Å²) < 4.78 is 2.02. The van der Waals surface area contributed by atoms with E-state index in [1.54, 1.807) is 18.6 Å². The number of halogens is 2. The van der Waals surface area contributed by atoms with E-state index >= 15 is 0 Å². The first kappa shape index (κ1) is 19.8. The zero-order valence-corrected chi connectivity index (χ0v) is 18.1. The fourth-order valence-electron chi connectivity index (χ4n) is 3.87. The maximum atomic E-state index is 13.0. The van der Waals surface area contributed by atoms with E-state index < -0.39 is 0 Å². The van der Waals surface area contributed by atoms with Crippen LogP contribution in [-0.4, -0.2) is 51.5 Å². The second-order valence-electron chi connectivity index (χ2n) is 7.39. The summed E-state index contributed by atoms with van der Waals surface area (Å²) in [5.41, 5.74) is 3.62. The maximum absolute atomic E-state index is 13.0. The van der Waals surface area contributed by atoms with Crippen molar-refractivity contribution < 1.29 is 4.79 Å². The zero-order valence-electron chi connectivity index (χ0n) is 16.6. The van der Waals surface area contributed by atoms with Crippen molar-refractivity contribution in [3.63, 3.8) is 0 Å². The molecule has 0 bridgehead atoms. The van der Waals surface area contributed by atoms with E-state index in [0.717, 1.165) is 16.7 Å². The van der Waals surface area contributed by atoms with Crippen LogP contribution >= 0.6 is 23.2 Å². The highest BCUT2D eigenvalue weighted by molar-refractivity contribution is 6.36. The molecule has 1 aliphatic heterocycles. The first-order chi connectivity index (χ1) is 15.1. The first-order valence-electron chi connectivity index (χ1n) is 9.98. The van der Waals surface area contributed by atoms with Gasteiger partial charge in [0, 0.05) is 43.6 Å². The monoisotopic (exact) mass is 451 g/mol. The number of carbonyl (C=O) groups is 1. The molecule has 6 nitrogen and oxygen atoms in total. The van der Waals surface area contributed by atoms with Crippen molar-refractivity contribution in [2.45, 2.75) is 0 Å². The number of rotatable bonds is 3. The van der Waals surface area contributed by atoms with Gasteiger partial charge in [0.1, 0.15) is 12.1 Å². The van der Waals surface area contributed by atoms with Crippen molar-refractivity contribution in [2.24, 2.45) is 0 Å². The number of pyridine rings is 1. The van der Waals surface area contributed by atoms with Gasteiger partial charge in [-0.2, -0.15) is 0 Å². The molecule has 0 N–H and O–H groups in total. The minimum atomic E-state index is 0.0249. The number of fused-ring (bicyclic) bond motifs is 1. The van der Waals surface area contributed by atoms with Gasteiger partial charge < -0.3 is 9.80 Å². The molecule has 1 amide bonds. The van der Waals surface area contributed by atoms with E-state index in [-0.39, 0.29) is 5.91 Å². The summed E-state index contributed by atoms with van der Waals surface area (Å²) in [6, 6.07) is 17.3. The third-order valence-electron chi connectivity index (χ3n) is 5.50. The van der Waals surface area contributed by atoms with Gasteiger partial charge in [0.05, 0.1) is 21.1 Å². The number of amides is 1. The molecule has 1 aliphatic rings. The van der Waals surface area contributed by atoms with Crippen molar-refractivity contribution in [2.75, 3.05) is 31.1 Å². The molecule has 2 aromatic heterocycles. The number of anilines is 1. The van der Waals surface area contributed by atoms with Gasteiger partial charge in [-0.15, -0.1) is 0 Å². The summed E-state index contributed by atoms with van der Waals surface area (Å²) in [6.45, 7) is 2.54. The lowest BCUT2D eigenvalue weighted by molar-refractivity contribution is 0.0746. The number of piperazine rings is 1. The number of imidazole rings is 1. The minimum Gasteiger partial charge on any atom is -0.352 e. The Morgan fingerprint density at radius 2 is 1.65 bits per heavy atom. The van der Waals surface area contributed by atoms with E-state index in [4.69, 9.17) is 23.2 Å². The molecule has 0 aliphatic carbocycles. The number of benzene rings is 2. The van der Waals surface area contributed by atoms with Gasteiger partial charge in [-0.05, 0) is 42.5 Å². The van der Waals surface area contributed by atoms with Crippen molar-refractivity contribution in [3.05, 3.63) is 82.7 Å². The predicted molar refractivity (Wildman–Crippen MR) is 123 cm³/mol. The number of hydrogen-bond donors (Lipinski definition) is 0. The minimum absolute atomic E-state index is 0.0249. The Morgan fingerprint density at radius 1 is 0.903 bits per heavy atom. The van der Waals surface area contributed by atoms with E-state index in [2.05, 4.69) is 14.9 Å². The van der Waals surface area contributed by atoms with Crippen LogP contribution in [0, 0.1) is 0 Å². The number of aromatic nitrogens is 3. The van der Waals surface area contributed by atoms with Crippen LogP contribution in [-0.2, 0) is 0 Å². The molecule has 8 heteroatoms. The van der Waals surface area contributed by atoms with E-state index in [1.807, 2.05) is 58.0 Å². The molecular formula is C23H19Cl2N5O. The van der Waals surface area contributed by atoms with Gasteiger partial charge in [-0.25, -0.2) is 9.97 Å². The molecule has 5 rings (SSSR count). The van der Waals surface area contributed by atoms with Crippen LogP contribution in [0.1, 0.15) is 10.4 Å². The number of carbonyl (C=O) groups excluding carboxylic acids is 1. The van der Waals surface area contributed by atoms with Crippen LogP contribution in [0.15, 0.2) is 67.1 Å². The smallest absolute Gasteiger partial charge is 0.253 e. The van der Waals surface area contributed by atoms with Crippen LogP contribution in [0.25, 0.3) is 16.7 Å². The summed E-state index contributed by atoms with van der Waals surface area (Å²) >= 11 is 12.2. The molecule has 0 spiro atoms. The molecule has 31 heavy (non-hydrogen) atoms. The van der Waals surface area contributed by atoms with Crippen LogP contribution in [0.2, 0.25) is 10.0 Å². The summed E-state index contributed by atoms with van der Waals surface area (Å²) in [5, 5.41) is 1.03. The molecule has 0 radical (unpaired) electrons. The van der Waals surface area contributed by atoms with Crippen LogP contribution < -0.4 is 4.90 Å². The van der Waals surface area contributed by atoms with E-state index in [9.17, 15) is 4.79 Å². The molecule has 4 aromatic rings. The molecule has 0 atom stereocenters. The first-order valence-corrected chi connectivity index (χ1v) is 10.7. The molecule has 156 valence electrons. The molecule has 1 fully saturated rings. The Balaban J connectivity index is 1.28. The van der Waals surface area contributed by atoms with Crippen molar-refractivity contribution in [1.29, 1.82) is 0 Å². The van der Waals surface area contributed by atoms with Gasteiger partial charge in [0.25, 0.3) is 5.91 Å². The second-order valence-corrected chi connectivity index (χ2v) is 8.23. The summed E-state index contributed by atoms with van der Waals surface area (Å²) in [7, 11) is 0. The lowest BCUT2D eigenvalue weighted by atomic mass is 10.1. The third-order valence-corrected chi connectivity index (χ3v) is 5.99. The molecule has 1 saturated heterocycles. The van der Waals surface area contributed by atoms with Crippen molar-refractivity contribution >= 4 is 46.0 Å². The Hall–Kier alpha value is -3.09. The number of para-hydroxylation sites is 2. The van der Waals surface area contributed by atoms with Crippen LogP contribution in [0.5, 0.6) is 0 Å². The van der Waals surface area contributed by atoms with Crippen molar-refractivity contribution in [3.8, 4) is 5.69 Å². The SMILES string of the molecule is O=C(c1ccc(-n2cnc3ccccc32)cc1)N1CCN(c2ncc(Cl)cc2Cl)CC1. The molecule has 3 heterocycles. The summed E-state index contributed by atoms with van der Waals surface area (Å²) in [4.78, 5) is 25.7. The average Bonchev–Trinajstić information content (AvgIpc) is 3.23. The molecule has 2 aromatic carbocycles. The summed E-state index contributed by atoms with van der Waals surface area (Å²) in [5.74, 6) is 0.729. The van der Waals surface area contributed by atoms with Gasteiger partial charge in [0.15, 0.2) is 0 Å². The van der Waals surface area contributed by atoms with Crippen LogP contribution in [0.3, 0.4) is 0 Å². The van der Waals surface area contributed by atoms with Crippen molar-refractivity contribution in [1.82, 2.24) is 19.4 Å². The van der Waals surface area contributed by atoms with Gasteiger partial charge >= 0.3 is 0 Å². The quantitative estimate of drug-likeness (QED) is 0.453. The Kier molecular flexibility index (Phi) is 5.26. The third kappa shape index (κ3) is 3.84. The lowest BCUT2D eigenvalue weighted by Gasteiger charge is -2.35. The Labute approximate surface area is 189 Å². The molecule has 0 unspecified atom stereocenters. The zero-order chi connectivity index (χ0) is 21.4.